The molecule has 0 atom stereocenters. The number of carbonyl (C=O) groups excluding carboxylic acids is 2. The Morgan fingerprint density at radius 2 is 1.96 bits per heavy atom. The zero-order valence-electron chi connectivity index (χ0n) is 13.7. The van der Waals surface area contributed by atoms with E-state index < -0.39 is 5.97 Å². The van der Waals surface area contributed by atoms with Crippen molar-refractivity contribution in [2.45, 2.75) is 20.8 Å². The number of fused-ring (bicyclic) bond motifs is 1. The van der Waals surface area contributed by atoms with E-state index in [0.717, 1.165) is 16.3 Å². The lowest BCUT2D eigenvalue weighted by atomic mass is 10.2. The number of anilines is 1. The van der Waals surface area contributed by atoms with Crippen molar-refractivity contribution in [3.05, 3.63) is 45.7 Å². The topological polar surface area (TPSA) is 85.6 Å². The van der Waals surface area contributed by atoms with E-state index in [0.29, 0.717) is 21.8 Å². The molecular weight excluding hydrogens is 328 g/mol. The molecule has 0 aliphatic heterocycles. The number of hydrogen-bond donors (Lipinski definition) is 1. The number of hydrogen-bond acceptors (Lipinski definition) is 6. The Balaban J connectivity index is 1.98. The number of esters is 1. The number of methoxy groups -OCH3 is 1. The van der Waals surface area contributed by atoms with Crippen molar-refractivity contribution in [3.8, 4) is 0 Å². The molecule has 0 fully saturated rings. The quantitative estimate of drug-likeness (QED) is 0.739. The zero-order valence-corrected chi connectivity index (χ0v) is 14.5. The number of nitrogens with zero attached hydrogens (tertiary/aromatic N) is 3. The molecule has 7 nitrogen and oxygen atoms in total. The summed E-state index contributed by atoms with van der Waals surface area (Å²) in [5.74, 6) is -0.853. The summed E-state index contributed by atoms with van der Waals surface area (Å²) in [5, 5.41) is 7.42. The van der Waals surface area contributed by atoms with Gasteiger partial charge in [0.25, 0.3) is 5.91 Å². The number of aryl methyl sites for hydroxylation is 3. The molecule has 3 aromatic rings. The maximum Gasteiger partial charge on any atom is 0.340 e. The van der Waals surface area contributed by atoms with Crippen molar-refractivity contribution in [1.82, 2.24) is 14.6 Å². The van der Waals surface area contributed by atoms with Crippen molar-refractivity contribution in [3.63, 3.8) is 0 Å². The zero-order chi connectivity index (χ0) is 17.4. The molecule has 3 rings (SSSR count). The Kier molecular flexibility index (Phi) is 4.06. The molecule has 0 aromatic carbocycles. The van der Waals surface area contributed by atoms with Gasteiger partial charge in [0.2, 0.25) is 0 Å². The van der Waals surface area contributed by atoms with Gasteiger partial charge in [-0.3, -0.25) is 4.79 Å². The number of aromatic nitrogens is 3. The second kappa shape index (κ2) is 6.04. The van der Waals surface area contributed by atoms with E-state index >= 15 is 0 Å². The van der Waals surface area contributed by atoms with Crippen molar-refractivity contribution < 1.29 is 14.3 Å². The molecule has 3 aromatic heterocycles. The van der Waals surface area contributed by atoms with Crippen LogP contribution in [0, 0.1) is 20.8 Å². The molecule has 0 aliphatic carbocycles. The van der Waals surface area contributed by atoms with Crippen LogP contribution in [-0.4, -0.2) is 33.6 Å². The molecule has 124 valence electrons. The van der Waals surface area contributed by atoms with E-state index in [-0.39, 0.29) is 5.91 Å². The van der Waals surface area contributed by atoms with Crippen LogP contribution < -0.4 is 5.32 Å². The van der Waals surface area contributed by atoms with Crippen molar-refractivity contribution >= 4 is 33.9 Å². The second-order valence-electron chi connectivity index (χ2n) is 5.38. The molecule has 1 N–H and O–H groups in total. The van der Waals surface area contributed by atoms with Gasteiger partial charge in [0.1, 0.15) is 10.6 Å². The van der Waals surface area contributed by atoms with Crippen LogP contribution in [0.15, 0.2) is 18.3 Å². The molecule has 0 saturated heterocycles. The van der Waals surface area contributed by atoms with Crippen molar-refractivity contribution in [2.75, 3.05) is 12.4 Å². The summed E-state index contributed by atoms with van der Waals surface area (Å²) in [6.45, 7) is 5.62. The fourth-order valence-corrected chi connectivity index (χ4v) is 3.36. The van der Waals surface area contributed by atoms with Gasteiger partial charge in [-0.15, -0.1) is 11.3 Å². The first-order valence-corrected chi connectivity index (χ1v) is 8.04. The van der Waals surface area contributed by atoms with Crippen LogP contribution in [0.3, 0.4) is 0 Å². The Labute approximate surface area is 142 Å². The molecule has 0 bridgehead atoms. The van der Waals surface area contributed by atoms with Crippen molar-refractivity contribution in [1.29, 1.82) is 0 Å². The minimum atomic E-state index is -0.487. The Hall–Kier alpha value is -2.74. The number of thiophene rings is 1. The summed E-state index contributed by atoms with van der Waals surface area (Å²) >= 11 is 1.31. The van der Waals surface area contributed by atoms with E-state index in [1.807, 2.05) is 26.8 Å². The minimum absolute atomic E-state index is 0.338. The first-order chi connectivity index (χ1) is 11.4. The lowest BCUT2D eigenvalue weighted by Crippen LogP contribution is -2.14. The van der Waals surface area contributed by atoms with Gasteiger partial charge in [0, 0.05) is 16.3 Å². The number of carbonyl (C=O) groups is 2. The SMILES string of the molecule is COC(=O)c1cc(C)sc1NC(=O)c1cnn2c(C)cc(C)nc12. The maximum absolute atomic E-state index is 12.6. The molecule has 0 radical (unpaired) electrons. The highest BCUT2D eigenvalue weighted by atomic mass is 32.1. The monoisotopic (exact) mass is 344 g/mol. The Bertz CT molecular complexity index is 958. The van der Waals surface area contributed by atoms with Crippen LogP contribution in [0.25, 0.3) is 5.65 Å². The van der Waals surface area contributed by atoms with Gasteiger partial charge in [0.15, 0.2) is 5.65 Å². The van der Waals surface area contributed by atoms with Gasteiger partial charge in [-0.05, 0) is 32.9 Å². The summed E-state index contributed by atoms with van der Waals surface area (Å²) in [4.78, 5) is 29.7. The van der Waals surface area contributed by atoms with Gasteiger partial charge >= 0.3 is 5.97 Å². The number of nitrogens with one attached hydrogen (secondary N) is 1. The summed E-state index contributed by atoms with van der Waals surface area (Å²) < 4.78 is 6.37. The first-order valence-electron chi connectivity index (χ1n) is 7.22. The van der Waals surface area contributed by atoms with Gasteiger partial charge in [-0.2, -0.15) is 5.10 Å². The third-order valence-electron chi connectivity index (χ3n) is 3.51. The van der Waals surface area contributed by atoms with E-state index in [9.17, 15) is 9.59 Å². The molecule has 24 heavy (non-hydrogen) atoms. The maximum atomic E-state index is 12.6. The standard InChI is InChI=1S/C16H16N4O3S/c1-8-5-9(2)20-13(18-8)12(7-17-20)14(21)19-15-11(16(22)23-4)6-10(3)24-15/h5-7H,1-4H3,(H,19,21). The normalized spacial score (nSPS) is 10.8. The molecule has 1 amide bonds. The first kappa shape index (κ1) is 16.1. The number of rotatable bonds is 3. The highest BCUT2D eigenvalue weighted by Crippen LogP contribution is 2.29. The Morgan fingerprint density at radius 1 is 1.21 bits per heavy atom. The smallest absolute Gasteiger partial charge is 0.340 e. The fraction of sp³-hybridized carbons (Fsp3) is 0.250. The number of amides is 1. The van der Waals surface area contributed by atoms with Gasteiger partial charge in [0.05, 0.1) is 18.9 Å². The van der Waals surface area contributed by atoms with E-state index in [1.54, 1.807) is 10.6 Å². The predicted octanol–water partition coefficient (Wildman–Crippen LogP) is 2.75. The van der Waals surface area contributed by atoms with E-state index in [4.69, 9.17) is 4.74 Å². The third kappa shape index (κ3) is 2.76. The van der Waals surface area contributed by atoms with Gasteiger partial charge < -0.3 is 10.1 Å². The lowest BCUT2D eigenvalue weighted by Gasteiger charge is -2.05. The summed E-state index contributed by atoms with van der Waals surface area (Å²) in [5.41, 5.74) is 2.86. The second-order valence-corrected chi connectivity index (χ2v) is 6.63. The minimum Gasteiger partial charge on any atom is -0.465 e. The van der Waals surface area contributed by atoms with Crippen molar-refractivity contribution in [2.24, 2.45) is 0 Å². The molecule has 0 aliphatic rings. The highest BCUT2D eigenvalue weighted by Gasteiger charge is 2.21. The average molecular weight is 344 g/mol. The van der Waals surface area contributed by atoms with E-state index in [1.165, 1.54) is 24.6 Å². The van der Waals surface area contributed by atoms with E-state index in [2.05, 4.69) is 15.4 Å². The van der Waals surface area contributed by atoms with Crippen LogP contribution in [0.5, 0.6) is 0 Å². The van der Waals surface area contributed by atoms with Crippen LogP contribution in [-0.2, 0) is 4.74 Å². The molecule has 3 heterocycles. The molecule has 8 heteroatoms. The summed E-state index contributed by atoms with van der Waals surface area (Å²) in [7, 11) is 1.31. The fourth-order valence-electron chi connectivity index (χ4n) is 2.47. The largest absolute Gasteiger partial charge is 0.465 e. The molecule has 0 saturated carbocycles. The van der Waals surface area contributed by atoms with Crippen LogP contribution in [0.1, 0.15) is 37.0 Å². The summed E-state index contributed by atoms with van der Waals surface area (Å²) in [6.07, 6.45) is 1.47. The number of ether oxygens (including phenoxy) is 1. The van der Waals surface area contributed by atoms with Crippen LogP contribution in [0.2, 0.25) is 0 Å². The summed E-state index contributed by atoms with van der Waals surface area (Å²) in [6, 6.07) is 3.58. The molecular formula is C16H16N4O3S. The predicted molar refractivity (Wildman–Crippen MR) is 90.8 cm³/mol. The third-order valence-corrected chi connectivity index (χ3v) is 4.48. The molecule has 0 spiro atoms. The van der Waals surface area contributed by atoms with Crippen LogP contribution >= 0.6 is 11.3 Å². The molecule has 0 unspecified atom stereocenters. The average Bonchev–Trinajstić information content (AvgIpc) is 3.10. The van der Waals surface area contributed by atoms with Gasteiger partial charge in [-0.1, -0.05) is 0 Å². The van der Waals surface area contributed by atoms with Gasteiger partial charge in [-0.25, -0.2) is 14.3 Å². The highest BCUT2D eigenvalue weighted by molar-refractivity contribution is 7.16. The lowest BCUT2D eigenvalue weighted by molar-refractivity contribution is 0.0602. The van der Waals surface area contributed by atoms with Crippen LogP contribution in [0.4, 0.5) is 5.00 Å². The Morgan fingerprint density at radius 3 is 2.67 bits per heavy atom.